The molecular weight excluding hydrogens is 216 g/mol. The Balaban J connectivity index is 2.67. The highest BCUT2D eigenvalue weighted by molar-refractivity contribution is 6.03. The summed E-state index contributed by atoms with van der Waals surface area (Å²) < 4.78 is 10.9. The SMILES string of the molecule is Cc1cc2c(C)cc3c(C)cc(=O)oc3c2o1. The van der Waals surface area contributed by atoms with Crippen LogP contribution in [0.3, 0.4) is 0 Å². The highest BCUT2D eigenvalue weighted by Gasteiger charge is 2.12. The standard InChI is InChI=1S/C14H12O3/c1-7-4-10-8(2)5-12(15)17-14(10)13-11(7)6-9(3)16-13/h4-6H,1-3H3. The fourth-order valence-corrected chi connectivity index (χ4v) is 2.24. The predicted octanol–water partition coefficient (Wildman–Crippen LogP) is 3.46. The lowest BCUT2D eigenvalue weighted by atomic mass is 10.1. The van der Waals surface area contributed by atoms with Crippen LogP contribution in [0.2, 0.25) is 0 Å². The first-order chi connectivity index (χ1) is 8.06. The number of hydrogen-bond donors (Lipinski definition) is 0. The fraction of sp³-hybridized carbons (Fsp3) is 0.214. The van der Waals surface area contributed by atoms with Gasteiger partial charge in [-0.1, -0.05) is 0 Å². The highest BCUT2D eigenvalue weighted by atomic mass is 16.4. The number of hydrogen-bond acceptors (Lipinski definition) is 3. The Morgan fingerprint density at radius 3 is 2.18 bits per heavy atom. The van der Waals surface area contributed by atoms with Gasteiger partial charge in [0, 0.05) is 16.8 Å². The summed E-state index contributed by atoms with van der Waals surface area (Å²) in [6.07, 6.45) is 0. The highest BCUT2D eigenvalue weighted by Crippen LogP contribution is 2.31. The minimum atomic E-state index is -0.339. The molecule has 3 aromatic rings. The molecule has 0 aliphatic rings. The monoisotopic (exact) mass is 228 g/mol. The van der Waals surface area contributed by atoms with Crippen molar-refractivity contribution in [3.63, 3.8) is 0 Å². The average Bonchev–Trinajstić information content (AvgIpc) is 2.63. The Hall–Kier alpha value is -2.03. The maximum Gasteiger partial charge on any atom is 0.336 e. The van der Waals surface area contributed by atoms with Gasteiger partial charge in [-0.25, -0.2) is 4.79 Å². The van der Waals surface area contributed by atoms with E-state index in [1.807, 2.05) is 32.9 Å². The molecule has 0 radical (unpaired) electrons. The Morgan fingerprint density at radius 2 is 1.41 bits per heavy atom. The molecule has 3 rings (SSSR count). The summed E-state index contributed by atoms with van der Waals surface area (Å²) in [5.74, 6) is 0.819. The van der Waals surface area contributed by atoms with Gasteiger partial charge in [0.15, 0.2) is 11.2 Å². The molecule has 0 aliphatic heterocycles. The zero-order valence-corrected chi connectivity index (χ0v) is 9.96. The van der Waals surface area contributed by atoms with E-state index in [0.29, 0.717) is 11.2 Å². The molecule has 86 valence electrons. The molecule has 0 N–H and O–H groups in total. The van der Waals surface area contributed by atoms with Crippen LogP contribution in [0, 0.1) is 20.8 Å². The van der Waals surface area contributed by atoms with Crippen LogP contribution in [0.15, 0.2) is 31.8 Å². The third-order valence-electron chi connectivity index (χ3n) is 3.05. The zero-order chi connectivity index (χ0) is 12.2. The molecule has 0 saturated carbocycles. The number of fused-ring (bicyclic) bond motifs is 3. The first-order valence-corrected chi connectivity index (χ1v) is 5.50. The van der Waals surface area contributed by atoms with Gasteiger partial charge in [-0.05, 0) is 44.0 Å². The van der Waals surface area contributed by atoms with Crippen LogP contribution in [-0.2, 0) is 0 Å². The van der Waals surface area contributed by atoms with Crippen molar-refractivity contribution in [3.8, 4) is 0 Å². The molecule has 0 saturated heterocycles. The van der Waals surface area contributed by atoms with Crippen LogP contribution < -0.4 is 5.63 Å². The molecule has 0 atom stereocenters. The van der Waals surface area contributed by atoms with Crippen LogP contribution in [0.5, 0.6) is 0 Å². The zero-order valence-electron chi connectivity index (χ0n) is 9.96. The number of rotatable bonds is 0. The summed E-state index contributed by atoms with van der Waals surface area (Å²) in [7, 11) is 0. The molecule has 0 spiro atoms. The van der Waals surface area contributed by atoms with Gasteiger partial charge in [-0.15, -0.1) is 0 Å². The average molecular weight is 228 g/mol. The molecule has 3 heteroatoms. The molecule has 0 amide bonds. The molecule has 3 nitrogen and oxygen atoms in total. The second-order valence-electron chi connectivity index (χ2n) is 4.42. The summed E-state index contributed by atoms with van der Waals surface area (Å²) in [6, 6.07) is 5.50. The van der Waals surface area contributed by atoms with Crippen molar-refractivity contribution in [1.82, 2.24) is 0 Å². The van der Waals surface area contributed by atoms with Gasteiger partial charge in [0.25, 0.3) is 0 Å². The van der Waals surface area contributed by atoms with Crippen molar-refractivity contribution in [2.24, 2.45) is 0 Å². The second kappa shape index (κ2) is 3.23. The predicted molar refractivity (Wildman–Crippen MR) is 66.5 cm³/mol. The lowest BCUT2D eigenvalue weighted by Crippen LogP contribution is -1.98. The van der Waals surface area contributed by atoms with Gasteiger partial charge in [0.05, 0.1) is 0 Å². The quantitative estimate of drug-likeness (QED) is 0.553. The smallest absolute Gasteiger partial charge is 0.336 e. The lowest BCUT2D eigenvalue weighted by molar-refractivity contribution is 0.536. The first kappa shape index (κ1) is 10.1. The Morgan fingerprint density at radius 1 is 0.824 bits per heavy atom. The van der Waals surface area contributed by atoms with Gasteiger partial charge in [0.2, 0.25) is 0 Å². The first-order valence-electron chi connectivity index (χ1n) is 5.50. The van der Waals surface area contributed by atoms with Gasteiger partial charge in [-0.2, -0.15) is 0 Å². The number of benzene rings is 1. The summed E-state index contributed by atoms with van der Waals surface area (Å²) in [5.41, 5.74) is 2.91. The molecule has 17 heavy (non-hydrogen) atoms. The van der Waals surface area contributed by atoms with Crippen LogP contribution in [0.25, 0.3) is 21.9 Å². The van der Waals surface area contributed by atoms with Crippen LogP contribution in [0.1, 0.15) is 16.9 Å². The number of aryl methyl sites for hydroxylation is 3. The van der Waals surface area contributed by atoms with E-state index in [1.165, 1.54) is 6.07 Å². The summed E-state index contributed by atoms with van der Waals surface area (Å²) in [6.45, 7) is 5.82. The largest absolute Gasteiger partial charge is 0.457 e. The summed E-state index contributed by atoms with van der Waals surface area (Å²) >= 11 is 0. The van der Waals surface area contributed by atoms with E-state index < -0.39 is 0 Å². The van der Waals surface area contributed by atoms with E-state index >= 15 is 0 Å². The maximum atomic E-state index is 11.4. The van der Waals surface area contributed by atoms with Crippen molar-refractivity contribution < 1.29 is 8.83 Å². The van der Waals surface area contributed by atoms with Crippen molar-refractivity contribution in [3.05, 3.63) is 45.5 Å². The fourth-order valence-electron chi connectivity index (χ4n) is 2.24. The molecule has 1 aromatic carbocycles. The van der Waals surface area contributed by atoms with E-state index in [2.05, 4.69) is 0 Å². The normalized spacial score (nSPS) is 11.5. The van der Waals surface area contributed by atoms with Crippen LogP contribution in [0.4, 0.5) is 0 Å². The Bertz CT molecular complexity index is 790. The van der Waals surface area contributed by atoms with E-state index in [0.717, 1.165) is 27.7 Å². The Kier molecular flexibility index (Phi) is 1.93. The maximum absolute atomic E-state index is 11.4. The van der Waals surface area contributed by atoms with E-state index in [4.69, 9.17) is 8.83 Å². The Labute approximate surface area is 97.7 Å². The minimum Gasteiger partial charge on any atom is -0.457 e. The molecule has 2 aromatic heterocycles. The molecule has 2 heterocycles. The molecular formula is C14H12O3. The molecule has 0 aliphatic carbocycles. The van der Waals surface area contributed by atoms with Gasteiger partial charge < -0.3 is 8.83 Å². The lowest BCUT2D eigenvalue weighted by Gasteiger charge is -2.03. The minimum absolute atomic E-state index is 0.339. The van der Waals surface area contributed by atoms with Gasteiger partial charge in [0.1, 0.15) is 5.76 Å². The molecule has 0 fully saturated rings. The van der Waals surface area contributed by atoms with Crippen molar-refractivity contribution >= 4 is 21.9 Å². The van der Waals surface area contributed by atoms with Crippen molar-refractivity contribution in [1.29, 1.82) is 0 Å². The van der Waals surface area contributed by atoms with E-state index in [9.17, 15) is 4.79 Å². The summed E-state index contributed by atoms with van der Waals surface area (Å²) in [5, 5.41) is 1.94. The number of furan rings is 1. The van der Waals surface area contributed by atoms with E-state index in [1.54, 1.807) is 0 Å². The third-order valence-corrected chi connectivity index (χ3v) is 3.05. The molecule has 0 unspecified atom stereocenters. The van der Waals surface area contributed by atoms with Gasteiger partial charge in [-0.3, -0.25) is 0 Å². The van der Waals surface area contributed by atoms with E-state index in [-0.39, 0.29) is 5.63 Å². The topological polar surface area (TPSA) is 43.4 Å². The third kappa shape index (κ3) is 1.39. The van der Waals surface area contributed by atoms with Crippen molar-refractivity contribution in [2.45, 2.75) is 20.8 Å². The van der Waals surface area contributed by atoms with Crippen LogP contribution >= 0.6 is 0 Å². The van der Waals surface area contributed by atoms with Crippen molar-refractivity contribution in [2.75, 3.05) is 0 Å². The van der Waals surface area contributed by atoms with Gasteiger partial charge >= 0.3 is 5.63 Å². The summed E-state index contributed by atoms with van der Waals surface area (Å²) in [4.78, 5) is 11.4. The molecule has 0 bridgehead atoms. The van der Waals surface area contributed by atoms with Crippen LogP contribution in [-0.4, -0.2) is 0 Å². The second-order valence-corrected chi connectivity index (χ2v) is 4.42.